The van der Waals surface area contributed by atoms with E-state index in [2.05, 4.69) is 58.0 Å². The van der Waals surface area contributed by atoms with Crippen molar-refractivity contribution in [3.63, 3.8) is 0 Å². The normalized spacial score (nSPS) is 22.8. The first-order chi connectivity index (χ1) is 11.1. The highest BCUT2D eigenvalue weighted by Crippen LogP contribution is 2.26. The van der Waals surface area contributed by atoms with Crippen LogP contribution in [0.2, 0.25) is 0 Å². The molecular formula is C20H29NOS. The van der Waals surface area contributed by atoms with Crippen molar-refractivity contribution in [1.82, 2.24) is 0 Å². The molecule has 0 saturated carbocycles. The minimum Gasteiger partial charge on any atom is -0.374 e. The summed E-state index contributed by atoms with van der Waals surface area (Å²) in [5, 5.41) is 0. The number of aliphatic imine (C=N–C) groups is 1. The van der Waals surface area contributed by atoms with Gasteiger partial charge in [0, 0.05) is 23.3 Å². The van der Waals surface area contributed by atoms with Crippen LogP contribution < -0.4 is 0 Å². The predicted molar refractivity (Wildman–Crippen MR) is 103 cm³/mol. The molecule has 23 heavy (non-hydrogen) atoms. The van der Waals surface area contributed by atoms with Gasteiger partial charge in [0.15, 0.2) is 0 Å². The Morgan fingerprint density at radius 1 is 1.30 bits per heavy atom. The van der Waals surface area contributed by atoms with Gasteiger partial charge in [0.05, 0.1) is 17.9 Å². The molecule has 1 aromatic carbocycles. The van der Waals surface area contributed by atoms with Crippen LogP contribution in [0.3, 0.4) is 0 Å². The lowest BCUT2D eigenvalue weighted by Crippen LogP contribution is -2.11. The molecule has 0 aromatic heterocycles. The molecular weight excluding hydrogens is 302 g/mol. The summed E-state index contributed by atoms with van der Waals surface area (Å²) < 4.78 is 5.90. The van der Waals surface area contributed by atoms with Crippen molar-refractivity contribution in [2.45, 2.75) is 52.7 Å². The van der Waals surface area contributed by atoms with Crippen LogP contribution in [0.5, 0.6) is 0 Å². The van der Waals surface area contributed by atoms with E-state index in [0.29, 0.717) is 18.1 Å². The van der Waals surface area contributed by atoms with Crippen LogP contribution in [0.1, 0.15) is 46.1 Å². The summed E-state index contributed by atoms with van der Waals surface area (Å²) in [7, 11) is 0. The zero-order chi connectivity index (χ0) is 16.7. The van der Waals surface area contributed by atoms with Crippen LogP contribution in [-0.2, 0) is 4.74 Å². The first-order valence-corrected chi connectivity index (χ1v) is 9.74. The molecule has 2 nitrogen and oxygen atoms in total. The number of hydrogen-bond acceptors (Lipinski definition) is 3. The third kappa shape index (κ3) is 6.15. The van der Waals surface area contributed by atoms with E-state index in [1.165, 1.54) is 24.0 Å². The summed E-state index contributed by atoms with van der Waals surface area (Å²) in [5.41, 5.74) is 3.66. The Morgan fingerprint density at radius 2 is 2.04 bits per heavy atom. The lowest BCUT2D eigenvalue weighted by atomic mass is 10.1. The Morgan fingerprint density at radius 3 is 2.65 bits per heavy atom. The molecule has 1 aromatic rings. The minimum absolute atomic E-state index is 0.433. The second-order valence-electron chi connectivity index (χ2n) is 6.68. The fourth-order valence-corrected chi connectivity index (χ4v) is 3.74. The molecule has 1 aliphatic rings. The van der Waals surface area contributed by atoms with Crippen LogP contribution in [-0.4, -0.2) is 29.9 Å². The smallest absolute Gasteiger partial charge is 0.0695 e. The van der Waals surface area contributed by atoms with E-state index in [1.54, 1.807) is 0 Å². The second-order valence-corrected chi connectivity index (χ2v) is 7.71. The quantitative estimate of drug-likeness (QED) is 0.620. The molecule has 2 rings (SSSR count). The number of ether oxygens (including phenoxy) is 1. The van der Waals surface area contributed by atoms with Gasteiger partial charge in [-0.2, -0.15) is 11.8 Å². The van der Waals surface area contributed by atoms with E-state index in [4.69, 9.17) is 9.73 Å². The highest BCUT2D eigenvalue weighted by molar-refractivity contribution is 7.99. The van der Waals surface area contributed by atoms with Crippen LogP contribution in [0.25, 0.3) is 5.70 Å². The maximum atomic E-state index is 5.90. The molecule has 1 heterocycles. The topological polar surface area (TPSA) is 21.6 Å². The van der Waals surface area contributed by atoms with Crippen LogP contribution >= 0.6 is 11.8 Å². The molecule has 0 radical (unpaired) electrons. The lowest BCUT2D eigenvalue weighted by Gasteiger charge is -2.12. The van der Waals surface area contributed by atoms with Gasteiger partial charge in [-0.05, 0) is 38.2 Å². The average Bonchev–Trinajstić information content (AvgIpc) is 2.94. The predicted octanol–water partition coefficient (Wildman–Crippen LogP) is 5.45. The van der Waals surface area contributed by atoms with Crippen molar-refractivity contribution in [2.24, 2.45) is 10.9 Å². The largest absolute Gasteiger partial charge is 0.374 e. The standard InChI is InChI=1S/C20H29NOS/c1-15(2)12-21-20(18-8-6-5-7-9-18)16(3)13-23-14-19-11-10-17(4)22-19/h5-9,12,15,17,19H,10-11,13-14H2,1-4H3/b20-16+,21-12?. The first-order valence-electron chi connectivity index (χ1n) is 8.58. The molecule has 2 atom stereocenters. The molecule has 0 amide bonds. The van der Waals surface area contributed by atoms with Crippen LogP contribution in [0.4, 0.5) is 0 Å². The molecule has 0 aliphatic carbocycles. The molecule has 2 unspecified atom stereocenters. The van der Waals surface area contributed by atoms with Crippen molar-refractivity contribution < 1.29 is 4.74 Å². The summed E-state index contributed by atoms with van der Waals surface area (Å²) in [4.78, 5) is 4.77. The Kier molecular flexibility index (Phi) is 7.38. The van der Waals surface area contributed by atoms with E-state index in [1.807, 2.05) is 18.0 Å². The molecule has 1 aliphatic heterocycles. The summed E-state index contributed by atoms with van der Waals surface area (Å²) in [6, 6.07) is 10.5. The van der Waals surface area contributed by atoms with Crippen LogP contribution in [0, 0.1) is 5.92 Å². The van der Waals surface area contributed by atoms with E-state index >= 15 is 0 Å². The maximum Gasteiger partial charge on any atom is 0.0695 e. The van der Waals surface area contributed by atoms with Gasteiger partial charge in [-0.1, -0.05) is 44.2 Å². The fourth-order valence-electron chi connectivity index (χ4n) is 2.67. The highest BCUT2D eigenvalue weighted by atomic mass is 32.2. The zero-order valence-corrected chi connectivity index (χ0v) is 15.6. The number of hydrogen-bond donors (Lipinski definition) is 0. The zero-order valence-electron chi connectivity index (χ0n) is 14.8. The van der Waals surface area contributed by atoms with Crippen molar-refractivity contribution >= 4 is 23.7 Å². The molecule has 0 bridgehead atoms. The third-order valence-corrected chi connectivity index (χ3v) is 5.14. The number of thioether (sulfide) groups is 1. The molecule has 1 fully saturated rings. The van der Waals surface area contributed by atoms with Crippen molar-refractivity contribution in [2.75, 3.05) is 11.5 Å². The summed E-state index contributed by atoms with van der Waals surface area (Å²) in [5.74, 6) is 2.55. The van der Waals surface area contributed by atoms with Crippen molar-refractivity contribution in [3.05, 3.63) is 41.5 Å². The van der Waals surface area contributed by atoms with Gasteiger partial charge in [0.2, 0.25) is 0 Å². The molecule has 3 heteroatoms. The SMILES string of the molecule is C/C(CSCC1CCC(C)O1)=C(\N=CC(C)C)c1ccccc1. The lowest BCUT2D eigenvalue weighted by molar-refractivity contribution is 0.0700. The van der Waals surface area contributed by atoms with E-state index in [0.717, 1.165) is 17.2 Å². The van der Waals surface area contributed by atoms with Crippen molar-refractivity contribution in [1.29, 1.82) is 0 Å². The number of nitrogens with zero attached hydrogens (tertiary/aromatic N) is 1. The van der Waals surface area contributed by atoms with Gasteiger partial charge < -0.3 is 4.74 Å². The van der Waals surface area contributed by atoms with Gasteiger partial charge >= 0.3 is 0 Å². The Hall–Kier alpha value is -1.06. The fraction of sp³-hybridized carbons (Fsp3) is 0.550. The summed E-state index contributed by atoms with van der Waals surface area (Å²) >= 11 is 1.96. The maximum absolute atomic E-state index is 5.90. The van der Waals surface area contributed by atoms with E-state index < -0.39 is 0 Å². The van der Waals surface area contributed by atoms with Gasteiger partial charge in [0.25, 0.3) is 0 Å². The van der Waals surface area contributed by atoms with Crippen LogP contribution in [0.15, 0.2) is 40.9 Å². The first kappa shape index (κ1) is 18.3. The Balaban J connectivity index is 2.01. The Labute approximate surface area is 145 Å². The molecule has 0 N–H and O–H groups in total. The van der Waals surface area contributed by atoms with Gasteiger partial charge in [-0.15, -0.1) is 0 Å². The van der Waals surface area contributed by atoms with Gasteiger partial charge in [-0.3, -0.25) is 4.99 Å². The van der Waals surface area contributed by atoms with Crippen molar-refractivity contribution in [3.8, 4) is 0 Å². The molecule has 1 saturated heterocycles. The molecule has 0 spiro atoms. The minimum atomic E-state index is 0.433. The summed E-state index contributed by atoms with van der Waals surface area (Å²) in [6.45, 7) is 8.69. The van der Waals surface area contributed by atoms with Gasteiger partial charge in [-0.25, -0.2) is 0 Å². The van der Waals surface area contributed by atoms with E-state index in [-0.39, 0.29) is 0 Å². The monoisotopic (exact) mass is 331 g/mol. The summed E-state index contributed by atoms with van der Waals surface area (Å²) in [6.07, 6.45) is 5.31. The highest BCUT2D eigenvalue weighted by Gasteiger charge is 2.21. The number of benzene rings is 1. The number of rotatable bonds is 7. The average molecular weight is 332 g/mol. The Bertz CT molecular complexity index is 536. The second kappa shape index (κ2) is 9.29. The van der Waals surface area contributed by atoms with E-state index in [9.17, 15) is 0 Å². The third-order valence-electron chi connectivity index (χ3n) is 3.90. The van der Waals surface area contributed by atoms with Gasteiger partial charge in [0.1, 0.15) is 0 Å². The molecule has 126 valence electrons.